The molecule has 0 heterocycles. The minimum Gasteiger partial charge on any atom is -0.324 e. The lowest BCUT2D eigenvalue weighted by molar-refractivity contribution is -0.384. The molecule has 0 spiro atoms. The topological polar surface area (TPSA) is 75.5 Å². The summed E-state index contributed by atoms with van der Waals surface area (Å²) >= 11 is 0. The Morgan fingerprint density at radius 3 is 2.77 bits per heavy atom. The molecule has 0 unspecified atom stereocenters. The molecule has 22 heavy (non-hydrogen) atoms. The number of nitrogens with one attached hydrogen (secondary N) is 1. The minimum atomic E-state index is -0.453. The second-order valence-electron chi connectivity index (χ2n) is 5.98. The SMILES string of the molecule is CCCN(CC(=O)Nc1cc([N+](=O)[O-])ccc1C)CC1CC1. The molecule has 2 rings (SSSR count). The number of nitro groups is 1. The van der Waals surface area contributed by atoms with Crippen LogP contribution in [0.1, 0.15) is 31.7 Å². The first-order valence-electron chi connectivity index (χ1n) is 7.77. The van der Waals surface area contributed by atoms with Gasteiger partial charge in [-0.3, -0.25) is 19.8 Å². The Hall–Kier alpha value is -1.95. The maximum Gasteiger partial charge on any atom is 0.271 e. The van der Waals surface area contributed by atoms with E-state index in [9.17, 15) is 14.9 Å². The van der Waals surface area contributed by atoms with E-state index in [1.54, 1.807) is 6.07 Å². The maximum atomic E-state index is 12.2. The normalized spacial score (nSPS) is 14.1. The molecule has 1 fully saturated rings. The standard InChI is InChI=1S/C16H23N3O3/c1-3-8-18(10-13-5-6-13)11-16(20)17-15-9-14(19(21)22)7-4-12(15)2/h4,7,9,13H,3,5-6,8,10-11H2,1-2H3,(H,17,20). The second-order valence-corrected chi connectivity index (χ2v) is 5.98. The van der Waals surface area contributed by atoms with E-state index in [-0.39, 0.29) is 11.6 Å². The fourth-order valence-electron chi connectivity index (χ4n) is 2.47. The zero-order chi connectivity index (χ0) is 16.1. The van der Waals surface area contributed by atoms with Crippen LogP contribution in [-0.4, -0.2) is 35.4 Å². The maximum absolute atomic E-state index is 12.2. The summed E-state index contributed by atoms with van der Waals surface area (Å²) in [7, 11) is 0. The van der Waals surface area contributed by atoms with Gasteiger partial charge in [-0.15, -0.1) is 0 Å². The molecule has 1 N–H and O–H groups in total. The molecule has 6 heteroatoms. The molecule has 1 aliphatic rings. The van der Waals surface area contributed by atoms with Crippen LogP contribution in [0.2, 0.25) is 0 Å². The Morgan fingerprint density at radius 2 is 2.18 bits per heavy atom. The number of anilines is 1. The Morgan fingerprint density at radius 1 is 1.45 bits per heavy atom. The van der Waals surface area contributed by atoms with Gasteiger partial charge in [0.2, 0.25) is 5.91 Å². The summed E-state index contributed by atoms with van der Waals surface area (Å²) in [5.41, 5.74) is 1.33. The fraction of sp³-hybridized carbons (Fsp3) is 0.562. The summed E-state index contributed by atoms with van der Waals surface area (Å²) < 4.78 is 0. The smallest absolute Gasteiger partial charge is 0.271 e. The zero-order valence-corrected chi connectivity index (χ0v) is 13.2. The first-order valence-corrected chi connectivity index (χ1v) is 7.77. The van der Waals surface area contributed by atoms with Gasteiger partial charge in [0.15, 0.2) is 0 Å². The molecule has 1 aromatic rings. The average molecular weight is 305 g/mol. The van der Waals surface area contributed by atoms with Crippen molar-refractivity contribution in [3.63, 3.8) is 0 Å². The zero-order valence-electron chi connectivity index (χ0n) is 13.2. The Bertz CT molecular complexity index is 556. The molecular formula is C16H23N3O3. The van der Waals surface area contributed by atoms with Gasteiger partial charge in [-0.1, -0.05) is 13.0 Å². The number of nitrogens with zero attached hydrogens (tertiary/aromatic N) is 2. The van der Waals surface area contributed by atoms with E-state index in [1.165, 1.54) is 25.0 Å². The molecule has 1 aromatic carbocycles. The number of carbonyl (C=O) groups is 1. The molecule has 120 valence electrons. The van der Waals surface area contributed by atoms with E-state index in [1.807, 2.05) is 6.92 Å². The third-order valence-corrected chi connectivity index (χ3v) is 3.83. The summed E-state index contributed by atoms with van der Waals surface area (Å²) in [4.78, 5) is 24.7. The summed E-state index contributed by atoms with van der Waals surface area (Å²) in [6, 6.07) is 4.52. The number of rotatable bonds is 8. The lowest BCUT2D eigenvalue weighted by Gasteiger charge is -2.21. The number of hydrogen-bond donors (Lipinski definition) is 1. The van der Waals surface area contributed by atoms with Crippen LogP contribution in [0.5, 0.6) is 0 Å². The molecule has 0 radical (unpaired) electrons. The number of amides is 1. The van der Waals surface area contributed by atoms with Crippen molar-refractivity contribution in [1.29, 1.82) is 0 Å². The summed E-state index contributed by atoms with van der Waals surface area (Å²) in [5.74, 6) is 0.622. The quantitative estimate of drug-likeness (QED) is 0.592. The predicted octanol–water partition coefficient (Wildman–Crippen LogP) is 2.96. The van der Waals surface area contributed by atoms with E-state index in [0.29, 0.717) is 12.2 Å². The third kappa shape index (κ3) is 4.80. The molecular weight excluding hydrogens is 282 g/mol. The van der Waals surface area contributed by atoms with Crippen molar-refractivity contribution in [3.05, 3.63) is 33.9 Å². The van der Waals surface area contributed by atoms with Crippen molar-refractivity contribution in [2.24, 2.45) is 5.92 Å². The second kappa shape index (κ2) is 7.35. The molecule has 6 nitrogen and oxygen atoms in total. The van der Waals surface area contributed by atoms with Gasteiger partial charge < -0.3 is 5.32 Å². The molecule has 1 amide bonds. The molecule has 0 aromatic heterocycles. The monoisotopic (exact) mass is 305 g/mol. The van der Waals surface area contributed by atoms with Crippen molar-refractivity contribution in [2.45, 2.75) is 33.1 Å². The number of benzene rings is 1. The average Bonchev–Trinajstić information content (AvgIpc) is 3.25. The van der Waals surface area contributed by atoms with E-state index < -0.39 is 4.92 Å². The van der Waals surface area contributed by atoms with E-state index in [2.05, 4.69) is 17.1 Å². The van der Waals surface area contributed by atoms with Gasteiger partial charge in [0.05, 0.1) is 17.2 Å². The van der Waals surface area contributed by atoms with Crippen LogP contribution in [0, 0.1) is 23.0 Å². The van der Waals surface area contributed by atoms with Crippen LogP contribution in [-0.2, 0) is 4.79 Å². The Kier molecular flexibility index (Phi) is 5.49. The molecule has 0 atom stereocenters. The number of aryl methyl sites for hydroxylation is 1. The van der Waals surface area contributed by atoms with Gasteiger partial charge in [0.25, 0.3) is 5.69 Å². The van der Waals surface area contributed by atoms with Crippen molar-refractivity contribution in [1.82, 2.24) is 4.90 Å². The Balaban J connectivity index is 1.97. The van der Waals surface area contributed by atoms with Crippen LogP contribution in [0.15, 0.2) is 18.2 Å². The third-order valence-electron chi connectivity index (χ3n) is 3.83. The lowest BCUT2D eigenvalue weighted by Crippen LogP contribution is -2.35. The first-order chi connectivity index (χ1) is 10.5. The van der Waals surface area contributed by atoms with Gasteiger partial charge in [-0.2, -0.15) is 0 Å². The number of nitro benzene ring substituents is 1. The fourth-order valence-corrected chi connectivity index (χ4v) is 2.47. The minimum absolute atomic E-state index is 0.00991. The van der Waals surface area contributed by atoms with Gasteiger partial charge in [0, 0.05) is 18.7 Å². The molecule has 1 aliphatic carbocycles. The Labute approximate surface area is 130 Å². The molecule has 0 bridgehead atoms. The van der Waals surface area contributed by atoms with Gasteiger partial charge in [-0.05, 0) is 44.2 Å². The van der Waals surface area contributed by atoms with Crippen LogP contribution in [0.25, 0.3) is 0 Å². The van der Waals surface area contributed by atoms with Crippen LogP contribution < -0.4 is 5.32 Å². The highest BCUT2D eigenvalue weighted by Gasteiger charge is 2.25. The molecule has 0 aliphatic heterocycles. The number of carbonyl (C=O) groups excluding carboxylic acids is 1. The molecule has 1 saturated carbocycles. The van der Waals surface area contributed by atoms with Crippen LogP contribution in [0.4, 0.5) is 11.4 Å². The van der Waals surface area contributed by atoms with Crippen molar-refractivity contribution < 1.29 is 9.72 Å². The van der Waals surface area contributed by atoms with Crippen LogP contribution >= 0.6 is 0 Å². The van der Waals surface area contributed by atoms with Crippen molar-refractivity contribution in [2.75, 3.05) is 25.0 Å². The van der Waals surface area contributed by atoms with Crippen molar-refractivity contribution in [3.8, 4) is 0 Å². The van der Waals surface area contributed by atoms with E-state index in [4.69, 9.17) is 0 Å². The summed E-state index contributed by atoms with van der Waals surface area (Å²) in [6.07, 6.45) is 3.52. The molecule has 0 saturated heterocycles. The van der Waals surface area contributed by atoms with Gasteiger partial charge >= 0.3 is 0 Å². The van der Waals surface area contributed by atoms with Crippen LogP contribution in [0.3, 0.4) is 0 Å². The van der Waals surface area contributed by atoms with Gasteiger partial charge in [0.1, 0.15) is 0 Å². The predicted molar refractivity (Wildman–Crippen MR) is 85.9 cm³/mol. The summed E-state index contributed by atoms with van der Waals surface area (Å²) in [6.45, 7) is 6.13. The first kappa shape index (κ1) is 16.4. The lowest BCUT2D eigenvalue weighted by atomic mass is 10.2. The highest BCUT2D eigenvalue weighted by atomic mass is 16.6. The number of hydrogen-bond acceptors (Lipinski definition) is 4. The van der Waals surface area contributed by atoms with E-state index in [0.717, 1.165) is 31.0 Å². The van der Waals surface area contributed by atoms with E-state index >= 15 is 0 Å². The largest absolute Gasteiger partial charge is 0.324 e. The van der Waals surface area contributed by atoms with Crippen molar-refractivity contribution >= 4 is 17.3 Å². The summed E-state index contributed by atoms with van der Waals surface area (Å²) in [5, 5.41) is 13.6. The number of non-ortho nitro benzene ring substituents is 1. The highest BCUT2D eigenvalue weighted by molar-refractivity contribution is 5.93. The highest BCUT2D eigenvalue weighted by Crippen LogP contribution is 2.29. The van der Waals surface area contributed by atoms with Gasteiger partial charge in [-0.25, -0.2) is 0 Å².